The zero-order chi connectivity index (χ0) is 10.7. The first kappa shape index (κ1) is 11.1. The topological polar surface area (TPSA) is 29.3 Å². The molecular weight excluding hydrogens is 204 g/mol. The molecule has 1 aliphatic heterocycles. The Labute approximate surface area is 96.1 Å². The molecule has 1 saturated heterocycles. The first-order valence-corrected chi connectivity index (χ1v) is 6.55. The molecule has 84 valence electrons. The molecule has 0 aromatic carbocycles. The predicted molar refractivity (Wildman–Crippen MR) is 66.2 cm³/mol. The summed E-state index contributed by atoms with van der Waals surface area (Å²) in [7, 11) is 0. The molecule has 0 radical (unpaired) electrons. The highest BCUT2D eigenvalue weighted by Gasteiger charge is 2.31. The first-order valence-electron chi connectivity index (χ1n) is 5.67. The van der Waals surface area contributed by atoms with E-state index in [1.807, 2.05) is 11.3 Å². The standard InChI is InChI=1S/C12H20N2S/c1-12(9-13)5-7-14(10-12)6-4-11-3-2-8-15-11/h2-3,8H,4-7,9-10,13H2,1H3. The Kier molecular flexibility index (Phi) is 3.44. The summed E-state index contributed by atoms with van der Waals surface area (Å²) in [5.74, 6) is 0. The van der Waals surface area contributed by atoms with Crippen molar-refractivity contribution < 1.29 is 0 Å². The smallest absolute Gasteiger partial charge is 0.00579 e. The summed E-state index contributed by atoms with van der Waals surface area (Å²) in [5, 5.41) is 2.16. The van der Waals surface area contributed by atoms with Gasteiger partial charge >= 0.3 is 0 Å². The van der Waals surface area contributed by atoms with Crippen molar-refractivity contribution in [2.24, 2.45) is 11.1 Å². The predicted octanol–water partition coefficient (Wildman–Crippen LogP) is 1.96. The molecule has 15 heavy (non-hydrogen) atoms. The fraction of sp³-hybridized carbons (Fsp3) is 0.667. The van der Waals surface area contributed by atoms with Crippen molar-refractivity contribution in [3.05, 3.63) is 22.4 Å². The van der Waals surface area contributed by atoms with E-state index >= 15 is 0 Å². The maximum absolute atomic E-state index is 5.80. The van der Waals surface area contributed by atoms with Gasteiger partial charge in [-0.05, 0) is 42.8 Å². The molecule has 0 bridgehead atoms. The molecule has 2 heterocycles. The molecule has 1 fully saturated rings. The summed E-state index contributed by atoms with van der Waals surface area (Å²) in [5.41, 5.74) is 6.17. The highest BCUT2D eigenvalue weighted by Crippen LogP contribution is 2.28. The molecule has 0 spiro atoms. The van der Waals surface area contributed by atoms with Gasteiger partial charge in [0, 0.05) is 18.0 Å². The third kappa shape index (κ3) is 2.80. The van der Waals surface area contributed by atoms with Crippen LogP contribution in [0, 0.1) is 5.41 Å². The van der Waals surface area contributed by atoms with Gasteiger partial charge in [-0.3, -0.25) is 0 Å². The van der Waals surface area contributed by atoms with Gasteiger partial charge in [-0.25, -0.2) is 0 Å². The van der Waals surface area contributed by atoms with Crippen LogP contribution in [-0.4, -0.2) is 31.1 Å². The zero-order valence-corrected chi connectivity index (χ0v) is 10.2. The van der Waals surface area contributed by atoms with Crippen LogP contribution in [0.15, 0.2) is 17.5 Å². The highest BCUT2D eigenvalue weighted by atomic mass is 32.1. The van der Waals surface area contributed by atoms with Crippen molar-refractivity contribution in [3.8, 4) is 0 Å². The van der Waals surface area contributed by atoms with Crippen LogP contribution in [-0.2, 0) is 6.42 Å². The van der Waals surface area contributed by atoms with Gasteiger partial charge in [0.15, 0.2) is 0 Å². The van der Waals surface area contributed by atoms with Gasteiger partial charge in [-0.2, -0.15) is 0 Å². The second-order valence-electron chi connectivity index (χ2n) is 4.87. The molecule has 2 nitrogen and oxygen atoms in total. The SMILES string of the molecule is CC1(CN)CCN(CCc2cccs2)C1. The summed E-state index contributed by atoms with van der Waals surface area (Å²) in [4.78, 5) is 4.04. The quantitative estimate of drug-likeness (QED) is 0.847. The van der Waals surface area contributed by atoms with Crippen LogP contribution in [0.25, 0.3) is 0 Å². The van der Waals surface area contributed by atoms with Gasteiger partial charge in [-0.1, -0.05) is 13.0 Å². The third-order valence-electron chi connectivity index (χ3n) is 3.38. The average molecular weight is 224 g/mol. The summed E-state index contributed by atoms with van der Waals surface area (Å²) >= 11 is 1.86. The molecule has 1 aromatic heterocycles. The summed E-state index contributed by atoms with van der Waals surface area (Å²) in [6.45, 7) is 6.71. The lowest BCUT2D eigenvalue weighted by Crippen LogP contribution is -2.32. The first-order chi connectivity index (χ1) is 7.22. The van der Waals surface area contributed by atoms with E-state index in [1.54, 1.807) is 0 Å². The lowest BCUT2D eigenvalue weighted by Gasteiger charge is -2.22. The van der Waals surface area contributed by atoms with E-state index in [-0.39, 0.29) is 0 Å². The van der Waals surface area contributed by atoms with Crippen molar-refractivity contribution in [2.45, 2.75) is 19.8 Å². The minimum atomic E-state index is 0.370. The minimum absolute atomic E-state index is 0.370. The second-order valence-corrected chi connectivity index (χ2v) is 5.90. The van der Waals surface area contributed by atoms with E-state index < -0.39 is 0 Å². The van der Waals surface area contributed by atoms with E-state index in [1.165, 1.54) is 37.4 Å². The Morgan fingerprint density at radius 1 is 1.60 bits per heavy atom. The molecule has 1 aromatic rings. The largest absolute Gasteiger partial charge is 0.330 e. The van der Waals surface area contributed by atoms with E-state index in [9.17, 15) is 0 Å². The Morgan fingerprint density at radius 2 is 2.47 bits per heavy atom. The van der Waals surface area contributed by atoms with Crippen molar-refractivity contribution in [1.82, 2.24) is 4.90 Å². The number of nitrogens with zero attached hydrogens (tertiary/aromatic N) is 1. The minimum Gasteiger partial charge on any atom is -0.330 e. The molecule has 1 atom stereocenters. The van der Waals surface area contributed by atoms with Crippen LogP contribution < -0.4 is 5.73 Å². The Morgan fingerprint density at radius 3 is 3.07 bits per heavy atom. The summed E-state index contributed by atoms with van der Waals surface area (Å²) < 4.78 is 0. The normalized spacial score (nSPS) is 27.3. The number of hydrogen-bond acceptors (Lipinski definition) is 3. The number of thiophene rings is 1. The third-order valence-corrected chi connectivity index (χ3v) is 4.32. The van der Waals surface area contributed by atoms with Crippen molar-refractivity contribution in [2.75, 3.05) is 26.2 Å². The second kappa shape index (κ2) is 4.64. The lowest BCUT2D eigenvalue weighted by atomic mass is 9.90. The molecule has 0 saturated carbocycles. The van der Waals surface area contributed by atoms with Gasteiger partial charge in [0.05, 0.1) is 0 Å². The lowest BCUT2D eigenvalue weighted by molar-refractivity contribution is 0.283. The maximum atomic E-state index is 5.80. The van der Waals surface area contributed by atoms with E-state index in [4.69, 9.17) is 5.73 Å². The van der Waals surface area contributed by atoms with E-state index in [0.29, 0.717) is 5.41 Å². The van der Waals surface area contributed by atoms with Gasteiger partial charge in [0.1, 0.15) is 0 Å². The van der Waals surface area contributed by atoms with Gasteiger partial charge in [-0.15, -0.1) is 11.3 Å². The number of likely N-dealkylation sites (tertiary alicyclic amines) is 1. The molecule has 2 N–H and O–H groups in total. The van der Waals surface area contributed by atoms with Crippen molar-refractivity contribution >= 4 is 11.3 Å². The Bertz CT molecular complexity index is 297. The van der Waals surface area contributed by atoms with E-state index in [2.05, 4.69) is 29.3 Å². The van der Waals surface area contributed by atoms with E-state index in [0.717, 1.165) is 6.54 Å². The molecular formula is C12H20N2S. The van der Waals surface area contributed by atoms with Crippen LogP contribution in [0.2, 0.25) is 0 Å². The Balaban J connectivity index is 1.78. The zero-order valence-electron chi connectivity index (χ0n) is 9.41. The van der Waals surface area contributed by atoms with Gasteiger partial charge in [0.25, 0.3) is 0 Å². The van der Waals surface area contributed by atoms with Crippen LogP contribution in [0.1, 0.15) is 18.2 Å². The Hall–Kier alpha value is -0.380. The molecule has 0 aliphatic carbocycles. The maximum Gasteiger partial charge on any atom is 0.00579 e. The number of nitrogens with two attached hydrogens (primary N) is 1. The van der Waals surface area contributed by atoms with Crippen LogP contribution in [0.5, 0.6) is 0 Å². The van der Waals surface area contributed by atoms with Gasteiger partial charge in [0.2, 0.25) is 0 Å². The summed E-state index contributed by atoms with van der Waals surface area (Å²) in [6.07, 6.45) is 2.45. The molecule has 3 heteroatoms. The number of rotatable bonds is 4. The fourth-order valence-corrected chi connectivity index (χ4v) is 2.90. The van der Waals surface area contributed by atoms with Crippen molar-refractivity contribution in [3.63, 3.8) is 0 Å². The monoisotopic (exact) mass is 224 g/mol. The van der Waals surface area contributed by atoms with Crippen molar-refractivity contribution in [1.29, 1.82) is 0 Å². The average Bonchev–Trinajstić information content (AvgIpc) is 2.85. The number of hydrogen-bond donors (Lipinski definition) is 1. The van der Waals surface area contributed by atoms with Crippen LogP contribution in [0.3, 0.4) is 0 Å². The fourth-order valence-electron chi connectivity index (χ4n) is 2.21. The van der Waals surface area contributed by atoms with Crippen LogP contribution >= 0.6 is 11.3 Å². The van der Waals surface area contributed by atoms with Gasteiger partial charge < -0.3 is 10.6 Å². The molecule has 1 unspecified atom stereocenters. The molecule has 0 amide bonds. The van der Waals surface area contributed by atoms with Crippen LogP contribution in [0.4, 0.5) is 0 Å². The molecule has 1 aliphatic rings. The molecule has 2 rings (SSSR count). The highest BCUT2D eigenvalue weighted by molar-refractivity contribution is 7.09. The summed E-state index contributed by atoms with van der Waals surface area (Å²) in [6, 6.07) is 4.36.